The van der Waals surface area contributed by atoms with Gasteiger partial charge in [-0.05, 0) is 37.1 Å². The van der Waals surface area contributed by atoms with Gasteiger partial charge < -0.3 is 15.2 Å². The molecule has 0 bridgehead atoms. The van der Waals surface area contributed by atoms with E-state index in [1.165, 1.54) is 11.1 Å². The van der Waals surface area contributed by atoms with Gasteiger partial charge in [-0.1, -0.05) is 6.07 Å². The van der Waals surface area contributed by atoms with Crippen molar-refractivity contribution in [3.8, 4) is 0 Å². The lowest BCUT2D eigenvalue weighted by atomic mass is 10.1. The maximum atomic E-state index is 9.60. The molecule has 0 unspecified atom stereocenters. The molecule has 2 rings (SSSR count). The average molecular weight is 207 g/mol. The van der Waals surface area contributed by atoms with E-state index in [4.69, 9.17) is 4.74 Å². The Balaban J connectivity index is 2.10. The monoisotopic (exact) mass is 207 g/mol. The molecule has 1 aromatic rings. The van der Waals surface area contributed by atoms with E-state index in [-0.39, 0.29) is 6.04 Å². The molecular formula is C12H17NO2. The first-order valence-corrected chi connectivity index (χ1v) is 5.26. The van der Waals surface area contributed by atoms with Crippen LogP contribution in [0.25, 0.3) is 0 Å². The Kier molecular flexibility index (Phi) is 2.93. The van der Waals surface area contributed by atoms with Crippen LogP contribution in [0.4, 0.5) is 5.69 Å². The summed E-state index contributed by atoms with van der Waals surface area (Å²) in [5.74, 6) is 0. The van der Waals surface area contributed by atoms with Crippen molar-refractivity contribution in [2.24, 2.45) is 0 Å². The van der Waals surface area contributed by atoms with E-state index in [1.807, 2.05) is 0 Å². The molecule has 0 amide bonds. The zero-order valence-corrected chi connectivity index (χ0v) is 9.16. The molecule has 1 saturated heterocycles. The molecule has 1 fully saturated rings. The third-order valence-corrected chi connectivity index (χ3v) is 2.62. The zero-order valence-electron chi connectivity index (χ0n) is 9.16. The van der Waals surface area contributed by atoms with Crippen LogP contribution in [0.5, 0.6) is 0 Å². The second-order valence-electron chi connectivity index (χ2n) is 4.23. The Morgan fingerprint density at radius 1 is 1.20 bits per heavy atom. The fourth-order valence-corrected chi connectivity index (χ4v) is 1.95. The van der Waals surface area contributed by atoms with E-state index in [2.05, 4.69) is 37.4 Å². The number of ether oxygens (including phenoxy) is 1. The first-order chi connectivity index (χ1) is 7.15. The lowest BCUT2D eigenvalue weighted by Crippen LogP contribution is -2.31. The number of aliphatic hydroxyl groups is 1. The second kappa shape index (κ2) is 4.21. The Labute approximate surface area is 90.1 Å². The van der Waals surface area contributed by atoms with Crippen molar-refractivity contribution in [3.63, 3.8) is 0 Å². The van der Waals surface area contributed by atoms with Crippen molar-refractivity contribution in [2.75, 3.05) is 18.5 Å². The number of hydrogen-bond acceptors (Lipinski definition) is 3. The van der Waals surface area contributed by atoms with Gasteiger partial charge in [0.05, 0.1) is 25.4 Å². The van der Waals surface area contributed by atoms with Gasteiger partial charge in [-0.2, -0.15) is 0 Å². The Hall–Kier alpha value is -1.06. The molecule has 15 heavy (non-hydrogen) atoms. The predicted molar refractivity (Wildman–Crippen MR) is 60.2 cm³/mol. The molecule has 1 aliphatic rings. The van der Waals surface area contributed by atoms with Crippen molar-refractivity contribution in [3.05, 3.63) is 29.3 Å². The first kappa shape index (κ1) is 10.5. The number of aliphatic hydroxyl groups excluding tert-OH is 1. The number of hydrogen-bond donors (Lipinski definition) is 2. The molecule has 1 aromatic carbocycles. The number of aryl methyl sites for hydroxylation is 2. The fraction of sp³-hybridized carbons (Fsp3) is 0.500. The van der Waals surface area contributed by atoms with Crippen LogP contribution in [0.3, 0.4) is 0 Å². The quantitative estimate of drug-likeness (QED) is 0.771. The van der Waals surface area contributed by atoms with Crippen molar-refractivity contribution >= 4 is 5.69 Å². The topological polar surface area (TPSA) is 41.5 Å². The molecule has 1 heterocycles. The van der Waals surface area contributed by atoms with Crippen molar-refractivity contribution in [1.29, 1.82) is 0 Å². The molecular weight excluding hydrogens is 190 g/mol. The van der Waals surface area contributed by atoms with Crippen LogP contribution in [0.2, 0.25) is 0 Å². The van der Waals surface area contributed by atoms with Crippen molar-refractivity contribution in [1.82, 2.24) is 0 Å². The lowest BCUT2D eigenvalue weighted by Gasteiger charge is -2.16. The van der Waals surface area contributed by atoms with Gasteiger partial charge in [-0.3, -0.25) is 0 Å². The summed E-state index contributed by atoms with van der Waals surface area (Å²) in [6.07, 6.45) is -0.397. The molecule has 0 spiro atoms. The van der Waals surface area contributed by atoms with Crippen LogP contribution in [0.15, 0.2) is 18.2 Å². The Bertz CT molecular complexity index is 331. The summed E-state index contributed by atoms with van der Waals surface area (Å²) < 4.78 is 5.19. The Morgan fingerprint density at radius 2 is 1.87 bits per heavy atom. The molecule has 0 aromatic heterocycles. The van der Waals surface area contributed by atoms with E-state index in [0.29, 0.717) is 13.2 Å². The average Bonchev–Trinajstić information content (AvgIpc) is 2.50. The van der Waals surface area contributed by atoms with E-state index < -0.39 is 6.10 Å². The minimum absolute atomic E-state index is 0.0196. The highest BCUT2D eigenvalue weighted by atomic mass is 16.5. The first-order valence-electron chi connectivity index (χ1n) is 5.26. The van der Waals surface area contributed by atoms with E-state index >= 15 is 0 Å². The summed E-state index contributed by atoms with van der Waals surface area (Å²) in [7, 11) is 0. The van der Waals surface area contributed by atoms with Gasteiger partial charge >= 0.3 is 0 Å². The van der Waals surface area contributed by atoms with Gasteiger partial charge in [0, 0.05) is 5.69 Å². The summed E-state index contributed by atoms with van der Waals surface area (Å²) in [6, 6.07) is 6.31. The third kappa shape index (κ3) is 2.49. The minimum Gasteiger partial charge on any atom is -0.388 e. The third-order valence-electron chi connectivity index (χ3n) is 2.62. The largest absolute Gasteiger partial charge is 0.388 e. The van der Waals surface area contributed by atoms with Gasteiger partial charge in [0.1, 0.15) is 0 Å². The van der Waals surface area contributed by atoms with Crippen LogP contribution < -0.4 is 5.32 Å². The summed E-state index contributed by atoms with van der Waals surface area (Å²) >= 11 is 0. The van der Waals surface area contributed by atoms with E-state index in [1.54, 1.807) is 0 Å². The summed E-state index contributed by atoms with van der Waals surface area (Å²) in [5, 5.41) is 12.9. The van der Waals surface area contributed by atoms with Crippen LogP contribution in [-0.2, 0) is 4.74 Å². The zero-order chi connectivity index (χ0) is 10.8. The minimum atomic E-state index is -0.397. The smallest absolute Gasteiger partial charge is 0.0996 e. The summed E-state index contributed by atoms with van der Waals surface area (Å²) in [6.45, 7) is 5.15. The lowest BCUT2D eigenvalue weighted by molar-refractivity contribution is 0.125. The maximum Gasteiger partial charge on any atom is 0.0996 e. The molecule has 3 heteroatoms. The van der Waals surface area contributed by atoms with Gasteiger partial charge in [0.2, 0.25) is 0 Å². The number of benzene rings is 1. The van der Waals surface area contributed by atoms with Crippen LogP contribution in [0, 0.1) is 13.8 Å². The molecule has 0 aliphatic carbocycles. The van der Waals surface area contributed by atoms with Crippen LogP contribution in [-0.4, -0.2) is 30.5 Å². The highest BCUT2D eigenvalue weighted by Crippen LogP contribution is 2.17. The van der Waals surface area contributed by atoms with Crippen LogP contribution in [0.1, 0.15) is 11.1 Å². The van der Waals surface area contributed by atoms with E-state index in [9.17, 15) is 5.11 Å². The standard InChI is InChI=1S/C12H17NO2/c1-8-3-9(2)5-10(4-8)13-11-6-15-7-12(11)14/h3-5,11-14H,6-7H2,1-2H3/t11-,12-/m1/s1. The van der Waals surface area contributed by atoms with Gasteiger partial charge in [0.15, 0.2) is 0 Å². The second-order valence-corrected chi connectivity index (χ2v) is 4.23. The maximum absolute atomic E-state index is 9.60. The normalized spacial score (nSPS) is 25.5. The van der Waals surface area contributed by atoms with Gasteiger partial charge in [0.25, 0.3) is 0 Å². The molecule has 82 valence electrons. The number of anilines is 1. The summed E-state index contributed by atoms with van der Waals surface area (Å²) in [5.41, 5.74) is 3.51. The SMILES string of the molecule is Cc1cc(C)cc(N[C@@H]2COC[C@H]2O)c1. The molecule has 3 nitrogen and oxygen atoms in total. The molecule has 1 aliphatic heterocycles. The summed E-state index contributed by atoms with van der Waals surface area (Å²) in [4.78, 5) is 0. The molecule has 0 saturated carbocycles. The van der Waals surface area contributed by atoms with Gasteiger partial charge in [-0.15, -0.1) is 0 Å². The number of rotatable bonds is 2. The van der Waals surface area contributed by atoms with Crippen molar-refractivity contribution in [2.45, 2.75) is 26.0 Å². The van der Waals surface area contributed by atoms with Crippen molar-refractivity contribution < 1.29 is 9.84 Å². The molecule has 2 atom stereocenters. The fourth-order valence-electron chi connectivity index (χ4n) is 1.95. The van der Waals surface area contributed by atoms with E-state index in [0.717, 1.165) is 5.69 Å². The molecule has 0 radical (unpaired) electrons. The highest BCUT2D eigenvalue weighted by Gasteiger charge is 2.25. The Morgan fingerprint density at radius 3 is 2.40 bits per heavy atom. The van der Waals surface area contributed by atoms with Crippen LogP contribution >= 0.6 is 0 Å². The molecule has 2 N–H and O–H groups in total. The number of nitrogens with one attached hydrogen (secondary N) is 1. The van der Waals surface area contributed by atoms with Gasteiger partial charge in [-0.25, -0.2) is 0 Å². The predicted octanol–water partition coefficient (Wildman–Crippen LogP) is 1.48. The highest BCUT2D eigenvalue weighted by molar-refractivity contribution is 5.49.